The summed E-state index contributed by atoms with van der Waals surface area (Å²) in [5, 5.41) is 0. The van der Waals surface area contributed by atoms with E-state index >= 15 is 0 Å². The van der Waals surface area contributed by atoms with E-state index in [9.17, 15) is 12.8 Å². The van der Waals surface area contributed by atoms with Crippen LogP contribution in [-0.4, -0.2) is 38.7 Å². The molecule has 0 unspecified atom stereocenters. The van der Waals surface area contributed by atoms with Crippen LogP contribution in [-0.2, 0) is 9.84 Å². The predicted octanol–water partition coefficient (Wildman–Crippen LogP) is 1.70. The monoisotopic (exact) mass is 257 g/mol. The first kappa shape index (κ1) is 12.5. The van der Waals surface area contributed by atoms with Gasteiger partial charge in [-0.05, 0) is 38.1 Å². The zero-order valence-corrected chi connectivity index (χ0v) is 10.4. The summed E-state index contributed by atoms with van der Waals surface area (Å²) >= 11 is 0. The van der Waals surface area contributed by atoms with Gasteiger partial charge in [0, 0.05) is 6.54 Å². The standard InChI is InChI=1S/C12H16FNO2S/c13-11-5-1-2-6-12(11)17(15,16)10-9-14-7-3-4-8-14/h1-2,5-6H,3-4,7-10H2. The molecular formula is C12H16FNO2S. The molecule has 0 amide bonds. The van der Waals surface area contributed by atoms with Crippen molar-refractivity contribution in [3.05, 3.63) is 30.1 Å². The van der Waals surface area contributed by atoms with Gasteiger partial charge in [0.1, 0.15) is 10.7 Å². The molecular weight excluding hydrogens is 241 g/mol. The van der Waals surface area contributed by atoms with Gasteiger partial charge in [-0.15, -0.1) is 0 Å². The highest BCUT2D eigenvalue weighted by Crippen LogP contribution is 2.16. The van der Waals surface area contributed by atoms with Crippen LogP contribution in [0.5, 0.6) is 0 Å². The average Bonchev–Trinajstić information content (AvgIpc) is 2.80. The van der Waals surface area contributed by atoms with Gasteiger partial charge in [0.15, 0.2) is 9.84 Å². The molecule has 1 aromatic carbocycles. The van der Waals surface area contributed by atoms with Crippen LogP contribution in [0.4, 0.5) is 4.39 Å². The van der Waals surface area contributed by atoms with Crippen molar-refractivity contribution in [3.63, 3.8) is 0 Å². The van der Waals surface area contributed by atoms with Crippen LogP contribution in [0, 0.1) is 5.82 Å². The van der Waals surface area contributed by atoms with E-state index in [0.717, 1.165) is 25.9 Å². The van der Waals surface area contributed by atoms with Crippen LogP contribution in [0.1, 0.15) is 12.8 Å². The zero-order chi connectivity index (χ0) is 12.3. The van der Waals surface area contributed by atoms with E-state index in [4.69, 9.17) is 0 Å². The summed E-state index contributed by atoms with van der Waals surface area (Å²) in [6, 6.07) is 5.55. The molecule has 0 spiro atoms. The van der Waals surface area contributed by atoms with Gasteiger partial charge in [0.05, 0.1) is 5.75 Å². The summed E-state index contributed by atoms with van der Waals surface area (Å²) in [7, 11) is -3.50. The van der Waals surface area contributed by atoms with E-state index < -0.39 is 15.7 Å². The number of nitrogens with zero attached hydrogens (tertiary/aromatic N) is 1. The SMILES string of the molecule is O=S(=O)(CCN1CCCC1)c1ccccc1F. The molecule has 0 radical (unpaired) electrons. The lowest BCUT2D eigenvalue weighted by atomic mass is 10.3. The number of benzene rings is 1. The lowest BCUT2D eigenvalue weighted by molar-refractivity contribution is 0.359. The maximum absolute atomic E-state index is 13.4. The van der Waals surface area contributed by atoms with Crippen molar-refractivity contribution in [2.45, 2.75) is 17.7 Å². The Hall–Kier alpha value is -0.940. The van der Waals surface area contributed by atoms with Crippen LogP contribution in [0.25, 0.3) is 0 Å². The average molecular weight is 257 g/mol. The second-order valence-electron chi connectivity index (χ2n) is 4.30. The van der Waals surface area contributed by atoms with Gasteiger partial charge in [-0.3, -0.25) is 0 Å². The normalized spacial score (nSPS) is 17.5. The molecule has 0 saturated carbocycles. The van der Waals surface area contributed by atoms with Crippen LogP contribution in [0.15, 0.2) is 29.2 Å². The summed E-state index contributed by atoms with van der Waals surface area (Å²) in [6.45, 7) is 2.40. The maximum atomic E-state index is 13.4. The van der Waals surface area contributed by atoms with E-state index in [2.05, 4.69) is 4.90 Å². The van der Waals surface area contributed by atoms with Crippen molar-refractivity contribution in [1.29, 1.82) is 0 Å². The number of halogens is 1. The molecule has 2 rings (SSSR count). The fourth-order valence-corrected chi connectivity index (χ4v) is 3.43. The van der Waals surface area contributed by atoms with Gasteiger partial charge < -0.3 is 4.90 Å². The highest BCUT2D eigenvalue weighted by atomic mass is 32.2. The van der Waals surface area contributed by atoms with Gasteiger partial charge in [-0.1, -0.05) is 12.1 Å². The van der Waals surface area contributed by atoms with Crippen molar-refractivity contribution >= 4 is 9.84 Å². The minimum Gasteiger partial charge on any atom is -0.302 e. The van der Waals surface area contributed by atoms with Gasteiger partial charge in [-0.25, -0.2) is 12.8 Å². The van der Waals surface area contributed by atoms with Gasteiger partial charge >= 0.3 is 0 Å². The Labute approximate surface area is 101 Å². The number of rotatable bonds is 4. The van der Waals surface area contributed by atoms with Crippen LogP contribution in [0.2, 0.25) is 0 Å². The lowest BCUT2D eigenvalue weighted by Gasteiger charge is -2.14. The Morgan fingerprint density at radius 2 is 1.82 bits per heavy atom. The molecule has 3 nitrogen and oxygen atoms in total. The lowest BCUT2D eigenvalue weighted by Crippen LogP contribution is -2.26. The highest BCUT2D eigenvalue weighted by Gasteiger charge is 2.21. The van der Waals surface area contributed by atoms with Crippen molar-refractivity contribution in [2.75, 3.05) is 25.4 Å². The first-order chi connectivity index (χ1) is 8.09. The first-order valence-electron chi connectivity index (χ1n) is 5.79. The first-order valence-corrected chi connectivity index (χ1v) is 7.44. The number of hydrogen-bond donors (Lipinski definition) is 0. The molecule has 1 fully saturated rings. The molecule has 0 aromatic heterocycles. The van der Waals surface area contributed by atoms with E-state index in [-0.39, 0.29) is 10.6 Å². The van der Waals surface area contributed by atoms with Crippen molar-refractivity contribution in [1.82, 2.24) is 4.90 Å². The maximum Gasteiger partial charge on any atom is 0.182 e. The third-order valence-electron chi connectivity index (χ3n) is 3.05. The summed E-state index contributed by atoms with van der Waals surface area (Å²) < 4.78 is 37.3. The summed E-state index contributed by atoms with van der Waals surface area (Å²) in [6.07, 6.45) is 2.25. The quantitative estimate of drug-likeness (QED) is 0.824. The molecule has 0 bridgehead atoms. The fraction of sp³-hybridized carbons (Fsp3) is 0.500. The second kappa shape index (κ2) is 5.14. The number of sulfone groups is 1. The Balaban J connectivity index is 2.06. The third-order valence-corrected chi connectivity index (χ3v) is 4.77. The van der Waals surface area contributed by atoms with Crippen molar-refractivity contribution in [3.8, 4) is 0 Å². The minimum absolute atomic E-state index is 0.00602. The van der Waals surface area contributed by atoms with Crippen LogP contribution in [0.3, 0.4) is 0 Å². The number of likely N-dealkylation sites (tertiary alicyclic amines) is 1. The van der Waals surface area contributed by atoms with Crippen molar-refractivity contribution < 1.29 is 12.8 Å². The van der Waals surface area contributed by atoms with E-state index in [1.165, 1.54) is 18.2 Å². The molecule has 1 aliphatic heterocycles. The van der Waals surface area contributed by atoms with Gasteiger partial charge in [0.2, 0.25) is 0 Å². The Kier molecular flexibility index (Phi) is 3.79. The Morgan fingerprint density at radius 3 is 2.47 bits per heavy atom. The molecule has 1 saturated heterocycles. The second-order valence-corrected chi connectivity index (χ2v) is 6.38. The zero-order valence-electron chi connectivity index (χ0n) is 9.60. The van der Waals surface area contributed by atoms with Crippen LogP contribution < -0.4 is 0 Å². The molecule has 1 aromatic rings. The largest absolute Gasteiger partial charge is 0.302 e. The van der Waals surface area contributed by atoms with E-state index in [0.29, 0.717) is 6.54 Å². The summed E-state index contributed by atoms with van der Waals surface area (Å²) in [5.74, 6) is -0.664. The van der Waals surface area contributed by atoms with Gasteiger partial charge in [0.25, 0.3) is 0 Å². The molecule has 0 aliphatic carbocycles. The predicted molar refractivity (Wildman–Crippen MR) is 64.1 cm³/mol. The molecule has 94 valence electrons. The third kappa shape index (κ3) is 3.04. The highest BCUT2D eigenvalue weighted by molar-refractivity contribution is 7.91. The molecule has 0 N–H and O–H groups in total. The molecule has 17 heavy (non-hydrogen) atoms. The summed E-state index contributed by atoms with van der Waals surface area (Å²) in [5.41, 5.74) is 0. The molecule has 1 aliphatic rings. The molecule has 5 heteroatoms. The van der Waals surface area contributed by atoms with E-state index in [1.54, 1.807) is 6.07 Å². The minimum atomic E-state index is -3.50. The van der Waals surface area contributed by atoms with E-state index in [1.807, 2.05) is 0 Å². The Bertz CT molecular complexity index is 481. The Morgan fingerprint density at radius 1 is 1.18 bits per heavy atom. The molecule has 0 atom stereocenters. The molecule has 1 heterocycles. The van der Waals surface area contributed by atoms with Crippen LogP contribution >= 0.6 is 0 Å². The van der Waals surface area contributed by atoms with Gasteiger partial charge in [-0.2, -0.15) is 0 Å². The smallest absolute Gasteiger partial charge is 0.182 e. The number of hydrogen-bond acceptors (Lipinski definition) is 3. The summed E-state index contributed by atoms with van der Waals surface area (Å²) in [4.78, 5) is 1.93. The topological polar surface area (TPSA) is 37.4 Å². The fourth-order valence-electron chi connectivity index (χ4n) is 2.06. The van der Waals surface area contributed by atoms with Crippen molar-refractivity contribution in [2.24, 2.45) is 0 Å².